The van der Waals surface area contributed by atoms with E-state index < -0.39 is 28.6 Å². The van der Waals surface area contributed by atoms with Gasteiger partial charge in [0.1, 0.15) is 34.0 Å². The number of aromatic hydroxyl groups is 4. The highest BCUT2D eigenvalue weighted by atomic mass is 16.5. The Balaban J connectivity index is 2.21. The molecule has 0 atom stereocenters. The Labute approximate surface area is 165 Å². The lowest BCUT2D eigenvalue weighted by Gasteiger charge is -2.12. The summed E-state index contributed by atoms with van der Waals surface area (Å²) in [4.78, 5) is 25.2. The van der Waals surface area contributed by atoms with Gasteiger partial charge in [0.2, 0.25) is 11.2 Å². The molecule has 1 heterocycles. The topological polar surface area (TPSA) is 137 Å². The molecule has 0 aliphatic rings. The Morgan fingerprint density at radius 2 is 1.72 bits per heavy atom. The summed E-state index contributed by atoms with van der Waals surface area (Å²) in [5, 5.41) is 39.2. The number of phenols is 4. The highest BCUT2D eigenvalue weighted by Gasteiger charge is 2.24. The van der Waals surface area contributed by atoms with E-state index in [1.54, 1.807) is 0 Å². The Morgan fingerprint density at radius 3 is 2.41 bits per heavy atom. The SMILES string of the molecule is CCCCCC(=O)Oc1c(-c2ccc(O)cc2O)oc2cc(O)cc(O)c2c1=O. The third-order valence-electron chi connectivity index (χ3n) is 4.34. The quantitative estimate of drug-likeness (QED) is 0.362. The fraction of sp³-hybridized carbons (Fsp3) is 0.238. The van der Waals surface area contributed by atoms with E-state index in [0.29, 0.717) is 6.42 Å². The Morgan fingerprint density at radius 1 is 1.00 bits per heavy atom. The molecule has 0 radical (unpaired) electrons. The molecule has 8 nitrogen and oxygen atoms in total. The van der Waals surface area contributed by atoms with Gasteiger partial charge in [-0.1, -0.05) is 19.8 Å². The largest absolute Gasteiger partial charge is 0.508 e. The zero-order valence-electron chi connectivity index (χ0n) is 15.6. The van der Waals surface area contributed by atoms with Crippen molar-refractivity contribution in [2.75, 3.05) is 0 Å². The summed E-state index contributed by atoms with van der Waals surface area (Å²) >= 11 is 0. The number of unbranched alkanes of at least 4 members (excludes halogenated alkanes) is 2. The van der Waals surface area contributed by atoms with Crippen LogP contribution in [0.5, 0.6) is 28.7 Å². The molecule has 3 rings (SSSR count). The van der Waals surface area contributed by atoms with Crippen LogP contribution in [-0.4, -0.2) is 26.4 Å². The van der Waals surface area contributed by atoms with Crippen molar-refractivity contribution in [1.82, 2.24) is 0 Å². The number of phenolic OH excluding ortho intramolecular Hbond substituents is 4. The maximum atomic E-state index is 13.0. The monoisotopic (exact) mass is 400 g/mol. The number of hydrogen-bond donors (Lipinski definition) is 4. The first-order valence-corrected chi connectivity index (χ1v) is 9.07. The van der Waals surface area contributed by atoms with Crippen molar-refractivity contribution in [3.8, 4) is 40.1 Å². The van der Waals surface area contributed by atoms with Crippen LogP contribution in [0.15, 0.2) is 39.5 Å². The molecule has 4 N–H and O–H groups in total. The third kappa shape index (κ3) is 4.11. The molecular weight excluding hydrogens is 380 g/mol. The highest BCUT2D eigenvalue weighted by molar-refractivity contribution is 5.90. The van der Waals surface area contributed by atoms with E-state index in [0.717, 1.165) is 31.0 Å². The van der Waals surface area contributed by atoms with Gasteiger partial charge in [-0.3, -0.25) is 9.59 Å². The van der Waals surface area contributed by atoms with Crippen molar-refractivity contribution < 1.29 is 34.4 Å². The molecular formula is C21H20O8. The number of carbonyl (C=O) groups excluding carboxylic acids is 1. The number of esters is 1. The highest BCUT2D eigenvalue weighted by Crippen LogP contribution is 2.40. The van der Waals surface area contributed by atoms with Crippen LogP contribution in [0.1, 0.15) is 32.6 Å². The van der Waals surface area contributed by atoms with E-state index in [2.05, 4.69) is 0 Å². The van der Waals surface area contributed by atoms with Gasteiger partial charge < -0.3 is 29.6 Å². The number of fused-ring (bicyclic) bond motifs is 1. The molecule has 2 aromatic carbocycles. The van der Waals surface area contributed by atoms with Gasteiger partial charge in [-0.25, -0.2) is 0 Å². The molecule has 0 saturated heterocycles. The minimum atomic E-state index is -0.838. The van der Waals surface area contributed by atoms with Crippen molar-refractivity contribution in [3.63, 3.8) is 0 Å². The summed E-state index contributed by atoms with van der Waals surface area (Å²) < 4.78 is 10.9. The zero-order chi connectivity index (χ0) is 21.1. The second-order valence-electron chi connectivity index (χ2n) is 6.56. The minimum Gasteiger partial charge on any atom is -0.508 e. The summed E-state index contributed by atoms with van der Waals surface area (Å²) in [5.74, 6) is -2.96. The normalized spacial score (nSPS) is 10.9. The summed E-state index contributed by atoms with van der Waals surface area (Å²) in [6.45, 7) is 1.98. The van der Waals surface area contributed by atoms with Gasteiger partial charge in [0, 0.05) is 24.6 Å². The Kier molecular flexibility index (Phi) is 5.63. The minimum absolute atomic E-state index is 0.0130. The standard InChI is InChI=1S/C21H20O8/c1-2-3-4-5-17(26)29-21-19(27)18-15(25)9-12(23)10-16(18)28-20(21)13-7-6-11(22)8-14(13)24/h6-10,22-25H,2-5H2,1H3. The second-order valence-corrected chi connectivity index (χ2v) is 6.56. The fourth-order valence-corrected chi connectivity index (χ4v) is 2.93. The summed E-state index contributed by atoms with van der Waals surface area (Å²) in [6, 6.07) is 5.65. The number of benzene rings is 2. The molecule has 0 unspecified atom stereocenters. The van der Waals surface area contributed by atoms with E-state index in [-0.39, 0.29) is 40.2 Å². The first kappa shape index (κ1) is 20.1. The molecule has 1 aromatic heterocycles. The molecule has 29 heavy (non-hydrogen) atoms. The van der Waals surface area contributed by atoms with Gasteiger partial charge in [0.25, 0.3) is 0 Å². The van der Waals surface area contributed by atoms with Crippen molar-refractivity contribution >= 4 is 16.9 Å². The lowest BCUT2D eigenvalue weighted by Crippen LogP contribution is -2.16. The number of hydrogen-bond acceptors (Lipinski definition) is 8. The molecule has 0 bridgehead atoms. The maximum absolute atomic E-state index is 13.0. The van der Waals surface area contributed by atoms with E-state index in [1.807, 2.05) is 6.92 Å². The Hall–Kier alpha value is -3.68. The molecule has 0 spiro atoms. The van der Waals surface area contributed by atoms with Gasteiger partial charge in [-0.15, -0.1) is 0 Å². The summed E-state index contributed by atoms with van der Waals surface area (Å²) in [7, 11) is 0. The maximum Gasteiger partial charge on any atom is 0.311 e. The predicted octanol–water partition coefficient (Wildman–Crippen LogP) is 3.77. The van der Waals surface area contributed by atoms with Crippen LogP contribution < -0.4 is 10.2 Å². The first-order chi connectivity index (χ1) is 13.8. The van der Waals surface area contributed by atoms with Crippen molar-refractivity contribution in [2.24, 2.45) is 0 Å². The molecule has 3 aromatic rings. The third-order valence-corrected chi connectivity index (χ3v) is 4.34. The molecule has 0 aliphatic carbocycles. The van der Waals surface area contributed by atoms with Crippen LogP contribution in [0.3, 0.4) is 0 Å². The van der Waals surface area contributed by atoms with Gasteiger partial charge >= 0.3 is 5.97 Å². The molecule has 0 saturated carbocycles. The van der Waals surface area contributed by atoms with E-state index in [9.17, 15) is 30.0 Å². The predicted molar refractivity (Wildman–Crippen MR) is 104 cm³/mol. The number of carbonyl (C=O) groups is 1. The zero-order valence-corrected chi connectivity index (χ0v) is 15.6. The van der Waals surface area contributed by atoms with E-state index >= 15 is 0 Å². The lowest BCUT2D eigenvalue weighted by molar-refractivity contribution is -0.134. The molecule has 0 aliphatic heterocycles. The fourth-order valence-electron chi connectivity index (χ4n) is 2.93. The second kappa shape index (κ2) is 8.14. The average Bonchev–Trinajstić information content (AvgIpc) is 2.63. The molecule has 0 fully saturated rings. The first-order valence-electron chi connectivity index (χ1n) is 9.07. The van der Waals surface area contributed by atoms with Crippen molar-refractivity contribution in [3.05, 3.63) is 40.6 Å². The average molecular weight is 400 g/mol. The number of ether oxygens (including phenoxy) is 1. The van der Waals surface area contributed by atoms with Crippen LogP contribution in [0.2, 0.25) is 0 Å². The van der Waals surface area contributed by atoms with E-state index in [4.69, 9.17) is 9.15 Å². The summed E-state index contributed by atoms with van der Waals surface area (Å²) in [5.41, 5.74) is -1.02. The lowest BCUT2D eigenvalue weighted by atomic mass is 10.1. The molecule has 8 heteroatoms. The van der Waals surface area contributed by atoms with Crippen LogP contribution in [0, 0.1) is 0 Å². The number of rotatable bonds is 6. The smallest absolute Gasteiger partial charge is 0.311 e. The summed E-state index contributed by atoms with van der Waals surface area (Å²) in [6.07, 6.45) is 2.36. The van der Waals surface area contributed by atoms with Gasteiger partial charge in [0.15, 0.2) is 5.76 Å². The van der Waals surface area contributed by atoms with Gasteiger partial charge in [-0.2, -0.15) is 0 Å². The van der Waals surface area contributed by atoms with Crippen LogP contribution in [0.25, 0.3) is 22.3 Å². The van der Waals surface area contributed by atoms with E-state index in [1.165, 1.54) is 12.1 Å². The van der Waals surface area contributed by atoms with Crippen LogP contribution in [-0.2, 0) is 4.79 Å². The Bertz CT molecular complexity index is 1130. The van der Waals surface area contributed by atoms with Crippen LogP contribution in [0.4, 0.5) is 0 Å². The van der Waals surface area contributed by atoms with Crippen LogP contribution >= 0.6 is 0 Å². The van der Waals surface area contributed by atoms with Gasteiger partial charge in [-0.05, 0) is 18.6 Å². The van der Waals surface area contributed by atoms with Gasteiger partial charge in [0.05, 0.1) is 5.56 Å². The van der Waals surface area contributed by atoms with Crippen molar-refractivity contribution in [2.45, 2.75) is 32.6 Å². The van der Waals surface area contributed by atoms with Crippen molar-refractivity contribution in [1.29, 1.82) is 0 Å². The molecule has 152 valence electrons. The molecule has 0 amide bonds.